The largest absolute Gasteiger partial charge is 0.506 e. The molecule has 0 bridgehead atoms. The van der Waals surface area contributed by atoms with Gasteiger partial charge >= 0.3 is 0 Å². The van der Waals surface area contributed by atoms with Crippen molar-refractivity contribution in [2.75, 3.05) is 18.1 Å². The SMILES string of the molecule is O=CCCN1CCC(=O)N1c1ccccc1O. The molecule has 1 aliphatic heterocycles. The standard InChI is InChI=1S/C12H14N2O3/c15-9-3-7-13-8-6-12(17)14(13)10-4-1-2-5-11(10)16/h1-2,4-5,9,16H,3,6-8H2. The van der Waals surface area contributed by atoms with Crippen LogP contribution in [0.25, 0.3) is 0 Å². The van der Waals surface area contributed by atoms with Crippen LogP contribution < -0.4 is 5.01 Å². The van der Waals surface area contributed by atoms with E-state index in [1.165, 1.54) is 5.01 Å². The Hall–Kier alpha value is -1.88. The zero-order valence-electron chi connectivity index (χ0n) is 9.37. The predicted octanol–water partition coefficient (Wildman–Crippen LogP) is 0.935. The number of hydrogen-bond donors (Lipinski definition) is 1. The first-order valence-corrected chi connectivity index (χ1v) is 5.53. The Morgan fingerprint density at radius 3 is 2.82 bits per heavy atom. The Kier molecular flexibility index (Phi) is 3.39. The van der Waals surface area contributed by atoms with Crippen molar-refractivity contribution >= 4 is 17.9 Å². The maximum Gasteiger partial charge on any atom is 0.243 e. The monoisotopic (exact) mass is 234 g/mol. The van der Waals surface area contributed by atoms with Crippen LogP contribution in [0.2, 0.25) is 0 Å². The third-order valence-corrected chi connectivity index (χ3v) is 2.72. The van der Waals surface area contributed by atoms with E-state index in [9.17, 15) is 14.7 Å². The first kappa shape index (κ1) is 11.6. The van der Waals surface area contributed by atoms with Crippen LogP contribution in [0.3, 0.4) is 0 Å². The normalized spacial score (nSPS) is 16.5. The van der Waals surface area contributed by atoms with Crippen LogP contribution in [0.1, 0.15) is 12.8 Å². The van der Waals surface area contributed by atoms with Gasteiger partial charge in [-0.2, -0.15) is 0 Å². The number of benzene rings is 1. The number of anilines is 1. The molecule has 2 rings (SSSR count). The Bertz CT molecular complexity index is 434. The first-order chi connectivity index (χ1) is 8.24. The number of nitrogens with zero attached hydrogens (tertiary/aromatic N) is 2. The molecule has 5 nitrogen and oxygen atoms in total. The highest BCUT2D eigenvalue weighted by Gasteiger charge is 2.31. The number of para-hydroxylation sites is 2. The molecule has 1 N–H and O–H groups in total. The van der Waals surface area contributed by atoms with E-state index in [4.69, 9.17) is 0 Å². The molecule has 90 valence electrons. The van der Waals surface area contributed by atoms with Crippen molar-refractivity contribution in [1.29, 1.82) is 0 Å². The van der Waals surface area contributed by atoms with Gasteiger partial charge in [0.15, 0.2) is 0 Å². The summed E-state index contributed by atoms with van der Waals surface area (Å²) in [6.45, 7) is 1.07. The number of carbonyl (C=O) groups is 2. The number of hydrogen-bond acceptors (Lipinski definition) is 4. The molecule has 1 heterocycles. The molecule has 1 fully saturated rings. The van der Waals surface area contributed by atoms with Crippen LogP contribution in [-0.4, -0.2) is 35.4 Å². The van der Waals surface area contributed by atoms with E-state index >= 15 is 0 Å². The van der Waals surface area contributed by atoms with Gasteiger partial charge in [0, 0.05) is 25.9 Å². The highest BCUT2D eigenvalue weighted by atomic mass is 16.3. The van der Waals surface area contributed by atoms with Gasteiger partial charge in [-0.25, -0.2) is 10.0 Å². The highest BCUT2D eigenvalue weighted by molar-refractivity contribution is 5.95. The third kappa shape index (κ3) is 2.29. The predicted molar refractivity (Wildman–Crippen MR) is 62.5 cm³/mol. The van der Waals surface area contributed by atoms with E-state index in [1.54, 1.807) is 29.3 Å². The summed E-state index contributed by atoms with van der Waals surface area (Å²) in [5, 5.41) is 13.0. The van der Waals surface area contributed by atoms with Gasteiger partial charge in [-0.3, -0.25) is 4.79 Å². The van der Waals surface area contributed by atoms with E-state index in [1.807, 2.05) is 0 Å². The summed E-state index contributed by atoms with van der Waals surface area (Å²) in [7, 11) is 0. The molecule has 0 radical (unpaired) electrons. The number of hydrazine groups is 1. The number of aromatic hydroxyl groups is 1. The van der Waals surface area contributed by atoms with Crippen molar-refractivity contribution in [2.45, 2.75) is 12.8 Å². The maximum atomic E-state index is 11.8. The minimum atomic E-state index is -0.0580. The van der Waals surface area contributed by atoms with Crippen LogP contribution in [0, 0.1) is 0 Å². The molecule has 5 heteroatoms. The van der Waals surface area contributed by atoms with E-state index in [0.29, 0.717) is 31.6 Å². The van der Waals surface area contributed by atoms with Crippen LogP contribution in [0.4, 0.5) is 5.69 Å². The minimum absolute atomic E-state index is 0.0580. The lowest BCUT2D eigenvalue weighted by Crippen LogP contribution is -2.39. The number of rotatable bonds is 4. The molecular formula is C12H14N2O3. The Morgan fingerprint density at radius 1 is 1.35 bits per heavy atom. The van der Waals surface area contributed by atoms with Crippen molar-refractivity contribution in [3.63, 3.8) is 0 Å². The second-order valence-electron chi connectivity index (χ2n) is 3.85. The Labute approximate surface area is 99.2 Å². The molecule has 0 atom stereocenters. The van der Waals surface area contributed by atoms with Crippen LogP contribution in [-0.2, 0) is 9.59 Å². The first-order valence-electron chi connectivity index (χ1n) is 5.53. The molecule has 1 amide bonds. The number of phenols is 1. The Morgan fingerprint density at radius 2 is 2.12 bits per heavy atom. The fraction of sp³-hybridized carbons (Fsp3) is 0.333. The minimum Gasteiger partial charge on any atom is -0.506 e. The lowest BCUT2D eigenvalue weighted by molar-refractivity contribution is -0.118. The lowest BCUT2D eigenvalue weighted by atomic mass is 10.3. The number of phenolic OH excluding ortho intramolecular Hbond substituents is 1. The van der Waals surface area contributed by atoms with E-state index < -0.39 is 0 Å². The fourth-order valence-electron chi connectivity index (χ4n) is 1.93. The van der Waals surface area contributed by atoms with Crippen molar-refractivity contribution in [3.05, 3.63) is 24.3 Å². The van der Waals surface area contributed by atoms with Gasteiger partial charge in [-0.1, -0.05) is 12.1 Å². The average molecular weight is 234 g/mol. The second-order valence-corrected chi connectivity index (χ2v) is 3.85. The summed E-state index contributed by atoms with van der Waals surface area (Å²) in [6.07, 6.45) is 1.61. The fourth-order valence-corrected chi connectivity index (χ4v) is 1.93. The summed E-state index contributed by atoms with van der Waals surface area (Å²) in [5.41, 5.74) is 0.473. The molecule has 1 saturated heterocycles. The average Bonchev–Trinajstić information content (AvgIpc) is 2.69. The summed E-state index contributed by atoms with van der Waals surface area (Å²) in [6, 6.07) is 6.69. The molecule has 1 aliphatic rings. The quantitative estimate of drug-likeness (QED) is 0.787. The summed E-state index contributed by atoms with van der Waals surface area (Å²) in [5.74, 6) is 0.0104. The van der Waals surface area contributed by atoms with Crippen LogP contribution >= 0.6 is 0 Å². The molecule has 0 saturated carbocycles. The Balaban J connectivity index is 2.24. The van der Waals surface area contributed by atoms with E-state index in [-0.39, 0.29) is 11.7 Å². The van der Waals surface area contributed by atoms with Gasteiger partial charge in [0.1, 0.15) is 17.7 Å². The number of carbonyl (C=O) groups excluding carboxylic acids is 2. The van der Waals surface area contributed by atoms with Gasteiger partial charge in [-0.05, 0) is 12.1 Å². The molecule has 0 aromatic heterocycles. The molecule has 1 aromatic rings. The van der Waals surface area contributed by atoms with E-state index in [0.717, 1.165) is 6.29 Å². The van der Waals surface area contributed by atoms with Crippen molar-refractivity contribution in [2.24, 2.45) is 0 Å². The van der Waals surface area contributed by atoms with Crippen LogP contribution in [0.5, 0.6) is 5.75 Å². The van der Waals surface area contributed by atoms with Crippen molar-refractivity contribution in [3.8, 4) is 5.75 Å². The van der Waals surface area contributed by atoms with Crippen LogP contribution in [0.15, 0.2) is 24.3 Å². The summed E-state index contributed by atoms with van der Waals surface area (Å²) in [4.78, 5) is 22.2. The zero-order chi connectivity index (χ0) is 12.3. The van der Waals surface area contributed by atoms with Gasteiger partial charge in [0.25, 0.3) is 0 Å². The summed E-state index contributed by atoms with van der Waals surface area (Å²) < 4.78 is 0. The van der Waals surface area contributed by atoms with Gasteiger partial charge in [0.05, 0.1) is 0 Å². The zero-order valence-corrected chi connectivity index (χ0v) is 9.37. The highest BCUT2D eigenvalue weighted by Crippen LogP contribution is 2.30. The smallest absolute Gasteiger partial charge is 0.243 e. The number of amides is 1. The van der Waals surface area contributed by atoms with Crippen molar-refractivity contribution in [1.82, 2.24) is 5.01 Å². The van der Waals surface area contributed by atoms with Crippen molar-refractivity contribution < 1.29 is 14.7 Å². The number of aldehydes is 1. The van der Waals surface area contributed by atoms with Gasteiger partial charge in [0.2, 0.25) is 5.91 Å². The van der Waals surface area contributed by atoms with Gasteiger partial charge in [-0.15, -0.1) is 0 Å². The molecule has 17 heavy (non-hydrogen) atoms. The van der Waals surface area contributed by atoms with Gasteiger partial charge < -0.3 is 9.90 Å². The summed E-state index contributed by atoms with van der Waals surface area (Å²) >= 11 is 0. The topological polar surface area (TPSA) is 60.9 Å². The lowest BCUT2D eigenvalue weighted by Gasteiger charge is -2.27. The molecule has 0 aliphatic carbocycles. The van der Waals surface area contributed by atoms with E-state index in [2.05, 4.69) is 0 Å². The molecule has 1 aromatic carbocycles. The third-order valence-electron chi connectivity index (χ3n) is 2.72. The molecule has 0 spiro atoms. The molecule has 0 unspecified atom stereocenters. The molecular weight excluding hydrogens is 220 g/mol. The second kappa shape index (κ2) is 4.97. The maximum absolute atomic E-state index is 11.8.